The maximum atomic E-state index is 12.3. The molecular formula is C25H30O4. The summed E-state index contributed by atoms with van der Waals surface area (Å²) in [7, 11) is 0. The first-order valence-corrected chi connectivity index (χ1v) is 10.5. The van der Waals surface area contributed by atoms with Crippen molar-refractivity contribution >= 4 is 11.9 Å². The van der Waals surface area contributed by atoms with Gasteiger partial charge >= 0.3 is 11.9 Å². The van der Waals surface area contributed by atoms with Gasteiger partial charge in [-0.3, -0.25) is 0 Å². The number of hydrogen-bond donors (Lipinski definition) is 0. The SMILES string of the molecule is CC(C)[C@H]1CC[C@@H](C)C[C@@H]1OC(=O)COC(=O)c1ccc(-c2ccccc2)cc1. The van der Waals surface area contributed by atoms with Crippen molar-refractivity contribution in [2.75, 3.05) is 6.61 Å². The van der Waals surface area contributed by atoms with Gasteiger partial charge in [-0.2, -0.15) is 0 Å². The highest BCUT2D eigenvalue weighted by Crippen LogP contribution is 2.35. The Labute approximate surface area is 173 Å². The van der Waals surface area contributed by atoms with E-state index in [0.29, 0.717) is 23.3 Å². The van der Waals surface area contributed by atoms with E-state index >= 15 is 0 Å². The summed E-state index contributed by atoms with van der Waals surface area (Å²) in [4.78, 5) is 24.5. The molecule has 0 amide bonds. The first kappa shape index (κ1) is 21.1. The molecule has 1 fully saturated rings. The largest absolute Gasteiger partial charge is 0.460 e. The molecule has 1 saturated carbocycles. The molecule has 0 spiro atoms. The van der Waals surface area contributed by atoms with Gasteiger partial charge in [-0.15, -0.1) is 0 Å². The highest BCUT2D eigenvalue weighted by molar-refractivity contribution is 5.91. The molecule has 4 heteroatoms. The van der Waals surface area contributed by atoms with Crippen LogP contribution in [0.1, 0.15) is 50.4 Å². The number of carbonyl (C=O) groups excluding carboxylic acids is 2. The van der Waals surface area contributed by atoms with Crippen LogP contribution < -0.4 is 0 Å². The third kappa shape index (κ3) is 5.69. The van der Waals surface area contributed by atoms with E-state index in [1.807, 2.05) is 42.5 Å². The number of carbonyl (C=O) groups is 2. The van der Waals surface area contributed by atoms with Gasteiger partial charge in [0.15, 0.2) is 6.61 Å². The standard InChI is InChI=1S/C25H30O4/c1-17(2)22-14-9-18(3)15-23(22)29-24(26)16-28-25(27)21-12-10-20(11-13-21)19-7-5-4-6-8-19/h4-8,10-13,17-18,22-23H,9,14-16H2,1-3H3/t18-,22-,23+/m1/s1. The number of hydrogen-bond acceptors (Lipinski definition) is 4. The summed E-state index contributed by atoms with van der Waals surface area (Å²) in [5.41, 5.74) is 2.52. The lowest BCUT2D eigenvalue weighted by molar-refractivity contribution is -0.159. The molecule has 0 bridgehead atoms. The molecule has 2 aromatic rings. The molecule has 29 heavy (non-hydrogen) atoms. The van der Waals surface area contributed by atoms with Crippen LogP contribution in [0.4, 0.5) is 0 Å². The Bertz CT molecular complexity index is 810. The molecule has 0 aromatic heterocycles. The fraction of sp³-hybridized carbons (Fsp3) is 0.440. The van der Waals surface area contributed by atoms with Gasteiger partial charge in [0.25, 0.3) is 0 Å². The molecule has 0 unspecified atom stereocenters. The Morgan fingerprint density at radius 1 is 0.966 bits per heavy atom. The Balaban J connectivity index is 1.52. The summed E-state index contributed by atoms with van der Waals surface area (Å²) in [5, 5.41) is 0. The highest BCUT2D eigenvalue weighted by atomic mass is 16.6. The molecule has 1 aliphatic rings. The molecule has 4 nitrogen and oxygen atoms in total. The van der Waals surface area contributed by atoms with Gasteiger partial charge in [0, 0.05) is 0 Å². The Morgan fingerprint density at radius 2 is 1.62 bits per heavy atom. The zero-order chi connectivity index (χ0) is 20.8. The van der Waals surface area contributed by atoms with Gasteiger partial charge in [0.1, 0.15) is 6.10 Å². The van der Waals surface area contributed by atoms with Gasteiger partial charge < -0.3 is 9.47 Å². The normalized spacial score (nSPS) is 21.6. The van der Waals surface area contributed by atoms with E-state index < -0.39 is 11.9 Å². The van der Waals surface area contributed by atoms with Gasteiger partial charge in [-0.05, 0) is 53.9 Å². The summed E-state index contributed by atoms with van der Waals surface area (Å²) in [5.74, 6) is 0.402. The predicted octanol–water partition coefficient (Wildman–Crippen LogP) is 5.51. The lowest BCUT2D eigenvalue weighted by atomic mass is 9.75. The number of benzene rings is 2. The summed E-state index contributed by atoms with van der Waals surface area (Å²) < 4.78 is 10.9. The van der Waals surface area contributed by atoms with Crippen LogP contribution >= 0.6 is 0 Å². The second-order valence-electron chi connectivity index (χ2n) is 8.37. The summed E-state index contributed by atoms with van der Waals surface area (Å²) in [6, 6.07) is 17.1. The van der Waals surface area contributed by atoms with Crippen LogP contribution in [0.3, 0.4) is 0 Å². The van der Waals surface area contributed by atoms with Crippen molar-refractivity contribution in [2.45, 2.75) is 46.1 Å². The smallest absolute Gasteiger partial charge is 0.344 e. The van der Waals surface area contributed by atoms with E-state index in [9.17, 15) is 9.59 Å². The lowest BCUT2D eigenvalue weighted by Crippen LogP contribution is -2.36. The van der Waals surface area contributed by atoms with E-state index in [4.69, 9.17) is 9.47 Å². The number of rotatable bonds is 6. The number of esters is 2. The Kier molecular flexibility index (Phi) is 7.08. The minimum Gasteiger partial charge on any atom is -0.460 e. The summed E-state index contributed by atoms with van der Waals surface area (Å²) in [6.45, 7) is 6.17. The summed E-state index contributed by atoms with van der Waals surface area (Å²) in [6.07, 6.45) is 3.04. The van der Waals surface area contributed by atoms with E-state index in [1.165, 1.54) is 6.42 Å². The third-order valence-corrected chi connectivity index (χ3v) is 5.79. The van der Waals surface area contributed by atoms with Crippen molar-refractivity contribution in [3.63, 3.8) is 0 Å². The zero-order valence-corrected chi connectivity index (χ0v) is 17.5. The number of ether oxygens (including phenoxy) is 2. The zero-order valence-electron chi connectivity index (χ0n) is 17.5. The fourth-order valence-corrected chi connectivity index (χ4v) is 4.09. The minimum absolute atomic E-state index is 0.0879. The van der Waals surface area contributed by atoms with Gasteiger partial charge in [0.2, 0.25) is 0 Å². The fourth-order valence-electron chi connectivity index (χ4n) is 4.09. The van der Waals surface area contributed by atoms with Crippen molar-refractivity contribution in [3.8, 4) is 11.1 Å². The molecule has 3 rings (SSSR count). The molecule has 0 heterocycles. The van der Waals surface area contributed by atoms with Crippen LogP contribution in [0.15, 0.2) is 54.6 Å². The second kappa shape index (κ2) is 9.73. The van der Waals surface area contributed by atoms with Gasteiger partial charge in [0.05, 0.1) is 5.56 Å². The first-order valence-electron chi connectivity index (χ1n) is 10.5. The molecule has 0 N–H and O–H groups in total. The van der Waals surface area contributed by atoms with Crippen LogP contribution in [0.2, 0.25) is 0 Å². The van der Waals surface area contributed by atoms with Crippen LogP contribution in [0.5, 0.6) is 0 Å². The third-order valence-electron chi connectivity index (χ3n) is 5.79. The first-order chi connectivity index (χ1) is 13.9. The molecule has 0 aliphatic heterocycles. The Hall–Kier alpha value is -2.62. The van der Waals surface area contributed by atoms with Crippen LogP contribution in [-0.4, -0.2) is 24.6 Å². The quantitative estimate of drug-likeness (QED) is 0.606. The highest BCUT2D eigenvalue weighted by Gasteiger charge is 2.33. The molecular weight excluding hydrogens is 364 g/mol. The summed E-state index contributed by atoms with van der Waals surface area (Å²) >= 11 is 0. The minimum atomic E-state index is -0.515. The second-order valence-corrected chi connectivity index (χ2v) is 8.37. The van der Waals surface area contributed by atoms with E-state index in [1.54, 1.807) is 12.1 Å². The average Bonchev–Trinajstić information content (AvgIpc) is 2.72. The topological polar surface area (TPSA) is 52.6 Å². The van der Waals surface area contributed by atoms with Crippen molar-refractivity contribution in [3.05, 3.63) is 60.2 Å². The van der Waals surface area contributed by atoms with Crippen molar-refractivity contribution < 1.29 is 19.1 Å². The lowest BCUT2D eigenvalue weighted by Gasteiger charge is -2.36. The van der Waals surface area contributed by atoms with E-state index in [-0.39, 0.29) is 12.7 Å². The monoisotopic (exact) mass is 394 g/mol. The maximum absolute atomic E-state index is 12.3. The molecule has 2 aromatic carbocycles. The van der Waals surface area contributed by atoms with Gasteiger partial charge in [-0.25, -0.2) is 9.59 Å². The van der Waals surface area contributed by atoms with Crippen LogP contribution in [0.25, 0.3) is 11.1 Å². The predicted molar refractivity (Wildman–Crippen MR) is 113 cm³/mol. The molecule has 0 saturated heterocycles. The van der Waals surface area contributed by atoms with Crippen LogP contribution in [0, 0.1) is 17.8 Å². The van der Waals surface area contributed by atoms with Crippen molar-refractivity contribution in [1.29, 1.82) is 0 Å². The molecule has 154 valence electrons. The van der Waals surface area contributed by atoms with Gasteiger partial charge in [-0.1, -0.05) is 69.7 Å². The van der Waals surface area contributed by atoms with Crippen molar-refractivity contribution in [1.82, 2.24) is 0 Å². The molecule has 1 aliphatic carbocycles. The van der Waals surface area contributed by atoms with E-state index in [2.05, 4.69) is 20.8 Å². The van der Waals surface area contributed by atoms with Crippen molar-refractivity contribution in [2.24, 2.45) is 17.8 Å². The molecule has 3 atom stereocenters. The van der Waals surface area contributed by atoms with Crippen LogP contribution in [-0.2, 0) is 14.3 Å². The maximum Gasteiger partial charge on any atom is 0.344 e. The average molecular weight is 395 g/mol. The molecule has 0 radical (unpaired) electrons. The Morgan fingerprint density at radius 3 is 2.28 bits per heavy atom. The van der Waals surface area contributed by atoms with E-state index in [0.717, 1.165) is 24.0 Å².